The van der Waals surface area contributed by atoms with Crippen molar-refractivity contribution in [3.05, 3.63) is 61.5 Å². The maximum Gasteiger partial charge on any atom is 0.433 e. The molecule has 0 aromatic carbocycles. The van der Waals surface area contributed by atoms with Crippen molar-refractivity contribution in [3.8, 4) is 11.5 Å². The lowest BCUT2D eigenvalue weighted by Crippen LogP contribution is -2.28. The monoisotopic (exact) mass is 528 g/mol. The summed E-state index contributed by atoms with van der Waals surface area (Å²) in [6.07, 6.45) is -4.64. The predicted molar refractivity (Wildman–Crippen MR) is 121 cm³/mol. The second kappa shape index (κ2) is 8.07. The number of fused-ring (bicyclic) bond motifs is 3. The van der Waals surface area contributed by atoms with Crippen molar-refractivity contribution in [2.24, 2.45) is 0 Å². The van der Waals surface area contributed by atoms with Crippen molar-refractivity contribution in [2.45, 2.75) is 32.5 Å². The van der Waals surface area contributed by atoms with E-state index < -0.39 is 17.0 Å². The van der Waals surface area contributed by atoms with Crippen LogP contribution >= 0.6 is 34.5 Å². The highest BCUT2D eigenvalue weighted by atomic mass is 35.5. The fourth-order valence-corrected chi connectivity index (χ4v) is 4.89. The molecule has 5 aromatic heterocycles. The SMILES string of the molecule is CC(C)c1nn(Cc2nnc(-c3ccc(C(F)(F)F)nc3Cl)o2)c(=O)c2cc3sc(Cl)cc3n12. The Labute approximate surface area is 202 Å². The molecule has 8 nitrogen and oxygen atoms in total. The Morgan fingerprint density at radius 2 is 1.91 bits per heavy atom. The Bertz CT molecular complexity index is 1620. The molecule has 0 aliphatic rings. The summed E-state index contributed by atoms with van der Waals surface area (Å²) in [6.45, 7) is 3.74. The molecular weight excluding hydrogens is 516 g/mol. The highest BCUT2D eigenvalue weighted by Gasteiger charge is 2.33. The molecule has 176 valence electrons. The lowest BCUT2D eigenvalue weighted by Gasteiger charge is -2.12. The third kappa shape index (κ3) is 3.85. The van der Waals surface area contributed by atoms with Gasteiger partial charge < -0.3 is 4.42 Å². The average molecular weight is 529 g/mol. The Hall–Kier alpha value is -2.96. The number of rotatable bonds is 4. The van der Waals surface area contributed by atoms with Gasteiger partial charge in [0.1, 0.15) is 28.7 Å². The molecule has 0 bridgehead atoms. The summed E-state index contributed by atoms with van der Waals surface area (Å²) < 4.78 is 48.5. The molecule has 0 N–H and O–H groups in total. The lowest BCUT2D eigenvalue weighted by atomic mass is 10.2. The molecule has 5 heterocycles. The minimum absolute atomic E-state index is 0.0241. The second-order valence-corrected chi connectivity index (χ2v) is 9.75. The smallest absolute Gasteiger partial charge is 0.419 e. The van der Waals surface area contributed by atoms with Crippen molar-refractivity contribution in [3.63, 3.8) is 0 Å². The summed E-state index contributed by atoms with van der Waals surface area (Å²) in [6, 6.07) is 5.41. The molecule has 14 heteroatoms. The molecule has 5 aromatic rings. The van der Waals surface area contributed by atoms with Gasteiger partial charge in [-0.3, -0.25) is 9.20 Å². The molecule has 0 atom stereocenters. The first-order valence-electron chi connectivity index (χ1n) is 9.81. The zero-order valence-electron chi connectivity index (χ0n) is 17.4. The summed E-state index contributed by atoms with van der Waals surface area (Å²) >= 11 is 13.4. The molecule has 0 fully saturated rings. The van der Waals surface area contributed by atoms with Gasteiger partial charge in [-0.05, 0) is 24.3 Å². The van der Waals surface area contributed by atoms with Crippen molar-refractivity contribution < 1.29 is 17.6 Å². The molecule has 34 heavy (non-hydrogen) atoms. The highest BCUT2D eigenvalue weighted by molar-refractivity contribution is 7.22. The number of halogens is 5. The summed E-state index contributed by atoms with van der Waals surface area (Å²) in [7, 11) is 0. The van der Waals surface area contributed by atoms with Crippen LogP contribution in [0.3, 0.4) is 0 Å². The van der Waals surface area contributed by atoms with E-state index in [4.69, 9.17) is 27.6 Å². The summed E-state index contributed by atoms with van der Waals surface area (Å²) in [4.78, 5) is 16.5. The molecule has 0 saturated heterocycles. The summed E-state index contributed by atoms with van der Waals surface area (Å²) in [5, 5.41) is 11.8. The summed E-state index contributed by atoms with van der Waals surface area (Å²) in [5.41, 5.74) is -0.255. The van der Waals surface area contributed by atoms with Crippen LogP contribution in [-0.2, 0) is 12.7 Å². The molecule has 0 amide bonds. The molecule has 0 unspecified atom stereocenters. The van der Waals surface area contributed by atoms with E-state index in [0.717, 1.165) is 22.3 Å². The van der Waals surface area contributed by atoms with Gasteiger partial charge in [0.15, 0.2) is 0 Å². The second-order valence-electron chi connectivity index (χ2n) is 7.67. The number of thiophene rings is 1. The van der Waals surface area contributed by atoms with E-state index in [-0.39, 0.29) is 35.4 Å². The van der Waals surface area contributed by atoms with Gasteiger partial charge in [-0.25, -0.2) is 9.67 Å². The molecule has 5 rings (SSSR count). The van der Waals surface area contributed by atoms with Gasteiger partial charge in [0.2, 0.25) is 5.89 Å². The van der Waals surface area contributed by atoms with Crippen molar-refractivity contribution in [1.29, 1.82) is 0 Å². The van der Waals surface area contributed by atoms with Gasteiger partial charge in [-0.2, -0.15) is 18.3 Å². The van der Waals surface area contributed by atoms with Crippen LogP contribution in [0.5, 0.6) is 0 Å². The van der Waals surface area contributed by atoms with Crippen LogP contribution in [-0.4, -0.2) is 29.4 Å². The van der Waals surface area contributed by atoms with Crippen LogP contribution in [0, 0.1) is 0 Å². The first-order valence-corrected chi connectivity index (χ1v) is 11.4. The molecule has 0 spiro atoms. The minimum atomic E-state index is -4.64. The Balaban J connectivity index is 1.54. The van der Waals surface area contributed by atoms with E-state index >= 15 is 0 Å². The van der Waals surface area contributed by atoms with Gasteiger partial charge in [0.25, 0.3) is 11.4 Å². The third-order valence-corrected chi connectivity index (χ3v) is 6.49. The Morgan fingerprint density at radius 1 is 1.15 bits per heavy atom. The van der Waals surface area contributed by atoms with Crippen molar-refractivity contribution in [1.82, 2.24) is 29.4 Å². The van der Waals surface area contributed by atoms with E-state index in [9.17, 15) is 18.0 Å². The fraction of sp³-hybridized carbons (Fsp3) is 0.250. The maximum absolute atomic E-state index is 13.1. The van der Waals surface area contributed by atoms with Crippen LogP contribution in [0.2, 0.25) is 9.49 Å². The fourth-order valence-electron chi connectivity index (χ4n) is 3.50. The lowest BCUT2D eigenvalue weighted by molar-refractivity contribution is -0.141. The van der Waals surface area contributed by atoms with Crippen LogP contribution in [0.15, 0.2) is 33.5 Å². The largest absolute Gasteiger partial charge is 0.433 e. The molecule has 0 aliphatic heterocycles. The minimum Gasteiger partial charge on any atom is -0.419 e. The van der Waals surface area contributed by atoms with Crippen LogP contribution < -0.4 is 5.56 Å². The molecular formula is C20H13Cl2F3N6O2S. The Kier molecular flexibility index (Phi) is 5.41. The van der Waals surface area contributed by atoms with Crippen molar-refractivity contribution in [2.75, 3.05) is 0 Å². The van der Waals surface area contributed by atoms with Gasteiger partial charge in [0, 0.05) is 5.92 Å². The number of nitrogens with zero attached hydrogens (tertiary/aromatic N) is 6. The van der Waals surface area contributed by atoms with Crippen molar-refractivity contribution >= 4 is 50.3 Å². The quantitative estimate of drug-likeness (QED) is 0.280. The van der Waals surface area contributed by atoms with Crippen LogP contribution in [0.4, 0.5) is 13.2 Å². The Morgan fingerprint density at radius 3 is 2.59 bits per heavy atom. The number of hydrogen-bond acceptors (Lipinski definition) is 7. The topological polar surface area (TPSA) is 91.1 Å². The molecule has 0 saturated carbocycles. The molecule has 0 aliphatic carbocycles. The van der Waals surface area contributed by atoms with Crippen LogP contribution in [0.25, 0.3) is 27.2 Å². The van der Waals surface area contributed by atoms with Gasteiger partial charge in [0.05, 0.1) is 20.1 Å². The first-order chi connectivity index (χ1) is 16.0. The number of hydrogen-bond donors (Lipinski definition) is 0. The van der Waals surface area contributed by atoms with E-state index in [2.05, 4.69) is 20.3 Å². The van der Waals surface area contributed by atoms with Crippen LogP contribution in [0.1, 0.15) is 37.2 Å². The standard InChI is InChI=1S/C20H13Cl2F3N6O2S/c1-8(2)17-29-30(19(32)11-5-12-10(31(11)17)6-14(21)34-12)7-15-27-28-18(33-15)9-3-4-13(20(23,24)25)26-16(9)22/h3-6,8H,7H2,1-2H3. The van der Waals surface area contributed by atoms with Gasteiger partial charge in [-0.15, -0.1) is 21.5 Å². The van der Waals surface area contributed by atoms with Gasteiger partial charge in [-0.1, -0.05) is 37.0 Å². The predicted octanol–water partition coefficient (Wildman–Crippen LogP) is 5.65. The zero-order valence-corrected chi connectivity index (χ0v) is 19.7. The first kappa shape index (κ1) is 22.8. The summed E-state index contributed by atoms with van der Waals surface area (Å²) in [5.74, 6) is 0.501. The van der Waals surface area contributed by atoms with E-state index in [1.807, 2.05) is 13.8 Å². The zero-order chi connectivity index (χ0) is 24.4. The number of alkyl halides is 3. The third-order valence-electron chi connectivity index (χ3n) is 5.00. The van der Waals surface area contributed by atoms with E-state index in [1.54, 1.807) is 16.5 Å². The van der Waals surface area contributed by atoms with E-state index in [1.165, 1.54) is 16.0 Å². The van der Waals surface area contributed by atoms with Gasteiger partial charge >= 0.3 is 6.18 Å². The molecule has 0 radical (unpaired) electrons. The highest BCUT2D eigenvalue weighted by Crippen LogP contribution is 2.34. The maximum atomic E-state index is 13.1. The normalized spacial score (nSPS) is 12.5. The number of aromatic nitrogens is 6. The average Bonchev–Trinajstić information content (AvgIpc) is 3.44. The van der Waals surface area contributed by atoms with E-state index in [0.29, 0.717) is 15.7 Å². The number of pyridine rings is 1.